The summed E-state index contributed by atoms with van der Waals surface area (Å²) in [4.78, 5) is 22.2. The molecule has 1 aromatic rings. The number of aromatic carboxylic acids is 1. The molecule has 2 amide bonds. The van der Waals surface area contributed by atoms with E-state index in [1.54, 1.807) is 5.01 Å². The van der Waals surface area contributed by atoms with Gasteiger partial charge in [-0.2, -0.15) is 0 Å². The molecule has 0 aromatic carbocycles. The largest absolute Gasteiger partial charge is 0.475 e. The topological polar surface area (TPSA) is 104 Å². The van der Waals surface area contributed by atoms with Crippen LogP contribution in [-0.4, -0.2) is 48.4 Å². The number of rotatable bonds is 4. The molecule has 8 heteroatoms. The number of nitrogens with zero attached hydrogens (tertiary/aromatic N) is 1. The molecule has 0 aliphatic carbocycles. The third-order valence-electron chi connectivity index (χ3n) is 2.57. The van der Waals surface area contributed by atoms with Crippen LogP contribution in [0.3, 0.4) is 0 Å². The Morgan fingerprint density at radius 2 is 2.05 bits per heavy atom. The summed E-state index contributed by atoms with van der Waals surface area (Å²) in [6, 6.07) is 2.49. The first-order chi connectivity index (χ1) is 9.15. The van der Waals surface area contributed by atoms with Crippen LogP contribution in [0.1, 0.15) is 16.3 Å². The lowest BCUT2D eigenvalue weighted by Crippen LogP contribution is -2.51. The van der Waals surface area contributed by atoms with Crippen LogP contribution in [0, 0.1) is 0 Å². The fourth-order valence-corrected chi connectivity index (χ4v) is 1.61. The maximum Gasteiger partial charge on any atom is 0.371 e. The third-order valence-corrected chi connectivity index (χ3v) is 2.57. The lowest BCUT2D eigenvalue weighted by Gasteiger charge is -2.26. The van der Waals surface area contributed by atoms with Crippen LogP contribution in [0.5, 0.6) is 0 Å². The van der Waals surface area contributed by atoms with Crippen molar-refractivity contribution in [3.63, 3.8) is 0 Å². The number of morpholine rings is 1. The van der Waals surface area contributed by atoms with E-state index in [9.17, 15) is 9.59 Å². The highest BCUT2D eigenvalue weighted by atomic mass is 16.5. The number of carboxylic acid groups (broad SMARTS) is 1. The van der Waals surface area contributed by atoms with Gasteiger partial charge in [0.15, 0.2) is 0 Å². The second-order valence-electron chi connectivity index (χ2n) is 3.97. The summed E-state index contributed by atoms with van der Waals surface area (Å²) in [6.07, 6.45) is 0. The molecule has 1 saturated heterocycles. The fraction of sp³-hybridized carbons (Fsp3) is 0.455. The zero-order valence-electron chi connectivity index (χ0n) is 10.2. The molecular weight excluding hydrogens is 254 g/mol. The highest BCUT2D eigenvalue weighted by Gasteiger charge is 2.13. The predicted molar refractivity (Wildman–Crippen MR) is 63.4 cm³/mol. The second-order valence-corrected chi connectivity index (χ2v) is 3.97. The number of urea groups is 1. The number of carboxylic acids is 1. The zero-order chi connectivity index (χ0) is 13.7. The summed E-state index contributed by atoms with van der Waals surface area (Å²) in [6.45, 7) is 2.57. The molecule has 0 radical (unpaired) electrons. The predicted octanol–water partition coefficient (Wildman–Crippen LogP) is 0.0242. The van der Waals surface area contributed by atoms with Gasteiger partial charge in [0, 0.05) is 13.1 Å². The molecule has 1 aliphatic rings. The Balaban J connectivity index is 1.74. The quantitative estimate of drug-likeness (QED) is 0.712. The van der Waals surface area contributed by atoms with Crippen molar-refractivity contribution < 1.29 is 23.8 Å². The van der Waals surface area contributed by atoms with E-state index in [1.807, 2.05) is 0 Å². The van der Waals surface area contributed by atoms with Crippen LogP contribution >= 0.6 is 0 Å². The first-order valence-corrected chi connectivity index (χ1v) is 5.84. The van der Waals surface area contributed by atoms with Gasteiger partial charge in [-0.1, -0.05) is 0 Å². The van der Waals surface area contributed by atoms with E-state index in [2.05, 4.69) is 10.7 Å². The van der Waals surface area contributed by atoms with E-state index in [1.165, 1.54) is 12.1 Å². The molecule has 0 atom stereocenters. The standard InChI is InChI=1S/C11H15N3O5/c15-10(16)9-2-1-8(19-9)7-12-11(17)13-14-3-5-18-6-4-14/h1-2H,3-7H2,(H,15,16)(H2,12,13,17). The average Bonchev–Trinajstić information content (AvgIpc) is 2.86. The van der Waals surface area contributed by atoms with Crippen LogP contribution in [-0.2, 0) is 11.3 Å². The summed E-state index contributed by atoms with van der Waals surface area (Å²) in [7, 11) is 0. The number of hydrazine groups is 1. The first-order valence-electron chi connectivity index (χ1n) is 5.84. The smallest absolute Gasteiger partial charge is 0.371 e. The van der Waals surface area contributed by atoms with E-state index < -0.39 is 5.97 Å². The Labute approximate surface area is 109 Å². The first kappa shape index (κ1) is 13.4. The monoisotopic (exact) mass is 269 g/mol. The molecule has 104 valence electrons. The Hall–Kier alpha value is -2.06. The van der Waals surface area contributed by atoms with Crippen molar-refractivity contribution >= 4 is 12.0 Å². The van der Waals surface area contributed by atoms with Crippen LogP contribution < -0.4 is 10.7 Å². The number of ether oxygens (including phenoxy) is 1. The number of hydrogen-bond donors (Lipinski definition) is 3. The maximum absolute atomic E-state index is 11.6. The number of furan rings is 1. The van der Waals surface area contributed by atoms with E-state index in [0.29, 0.717) is 32.1 Å². The molecule has 8 nitrogen and oxygen atoms in total. The summed E-state index contributed by atoms with van der Waals surface area (Å²) >= 11 is 0. The van der Waals surface area contributed by atoms with E-state index in [-0.39, 0.29) is 18.3 Å². The van der Waals surface area contributed by atoms with Crippen LogP contribution in [0.15, 0.2) is 16.5 Å². The number of nitrogens with one attached hydrogen (secondary N) is 2. The normalized spacial score (nSPS) is 16.0. The fourth-order valence-electron chi connectivity index (χ4n) is 1.61. The molecule has 1 aromatic heterocycles. The van der Waals surface area contributed by atoms with Crippen molar-refractivity contribution in [1.29, 1.82) is 0 Å². The summed E-state index contributed by atoms with van der Waals surface area (Å²) in [5, 5.41) is 13.0. The summed E-state index contributed by atoms with van der Waals surface area (Å²) in [5.74, 6) is -0.899. The van der Waals surface area contributed by atoms with Gasteiger partial charge in [-0.15, -0.1) is 0 Å². The Morgan fingerprint density at radius 3 is 2.68 bits per heavy atom. The highest BCUT2D eigenvalue weighted by Crippen LogP contribution is 2.07. The number of carbonyl (C=O) groups is 2. The van der Waals surface area contributed by atoms with Gasteiger partial charge < -0.3 is 19.6 Å². The SMILES string of the molecule is O=C(NCc1ccc(C(=O)O)o1)NN1CCOCC1. The molecule has 1 aliphatic heterocycles. The molecule has 0 saturated carbocycles. The Bertz CT molecular complexity index is 453. The number of amides is 2. The summed E-state index contributed by atoms with van der Waals surface area (Å²) in [5.41, 5.74) is 2.66. The molecule has 2 heterocycles. The number of carbonyl (C=O) groups excluding carboxylic acids is 1. The lowest BCUT2D eigenvalue weighted by atomic mass is 10.4. The van der Waals surface area contributed by atoms with Gasteiger partial charge in [0.2, 0.25) is 5.76 Å². The van der Waals surface area contributed by atoms with Gasteiger partial charge in [-0.3, -0.25) is 5.43 Å². The van der Waals surface area contributed by atoms with E-state index in [0.717, 1.165) is 0 Å². The van der Waals surface area contributed by atoms with E-state index in [4.69, 9.17) is 14.3 Å². The highest BCUT2D eigenvalue weighted by molar-refractivity contribution is 5.84. The van der Waals surface area contributed by atoms with Crippen molar-refractivity contribution in [2.24, 2.45) is 0 Å². The molecule has 3 N–H and O–H groups in total. The van der Waals surface area contributed by atoms with Crippen molar-refractivity contribution in [3.8, 4) is 0 Å². The van der Waals surface area contributed by atoms with Crippen LogP contribution in [0.2, 0.25) is 0 Å². The van der Waals surface area contributed by atoms with Gasteiger partial charge in [-0.05, 0) is 12.1 Å². The minimum atomic E-state index is -1.14. The zero-order valence-corrected chi connectivity index (χ0v) is 10.2. The maximum atomic E-state index is 11.6. The Kier molecular flexibility index (Phi) is 4.37. The number of hydrogen-bond acceptors (Lipinski definition) is 5. The molecule has 0 unspecified atom stereocenters. The average molecular weight is 269 g/mol. The van der Waals surface area contributed by atoms with Crippen molar-refractivity contribution in [1.82, 2.24) is 15.8 Å². The third kappa shape index (κ3) is 3.97. The van der Waals surface area contributed by atoms with E-state index >= 15 is 0 Å². The van der Waals surface area contributed by atoms with Gasteiger partial charge >= 0.3 is 12.0 Å². The molecule has 0 spiro atoms. The second kappa shape index (κ2) is 6.21. The lowest BCUT2D eigenvalue weighted by molar-refractivity contribution is 0.0194. The van der Waals surface area contributed by atoms with Gasteiger partial charge in [0.25, 0.3) is 0 Å². The van der Waals surface area contributed by atoms with Crippen LogP contribution in [0.4, 0.5) is 4.79 Å². The molecule has 2 rings (SSSR count). The molecular formula is C11H15N3O5. The van der Waals surface area contributed by atoms with Gasteiger partial charge in [0.1, 0.15) is 5.76 Å². The summed E-state index contributed by atoms with van der Waals surface area (Å²) < 4.78 is 10.2. The molecule has 1 fully saturated rings. The van der Waals surface area contributed by atoms with Crippen molar-refractivity contribution in [3.05, 3.63) is 23.7 Å². The molecule has 19 heavy (non-hydrogen) atoms. The van der Waals surface area contributed by atoms with Gasteiger partial charge in [-0.25, -0.2) is 14.6 Å². The van der Waals surface area contributed by atoms with Crippen molar-refractivity contribution in [2.45, 2.75) is 6.54 Å². The minimum absolute atomic E-state index is 0.128. The van der Waals surface area contributed by atoms with Crippen molar-refractivity contribution in [2.75, 3.05) is 26.3 Å². The van der Waals surface area contributed by atoms with Gasteiger partial charge in [0.05, 0.1) is 19.8 Å². The molecule has 0 bridgehead atoms. The van der Waals surface area contributed by atoms with Crippen LogP contribution in [0.25, 0.3) is 0 Å². The Morgan fingerprint density at radius 1 is 1.32 bits per heavy atom. The minimum Gasteiger partial charge on any atom is -0.475 e.